The number of phenols is 1. The van der Waals surface area contributed by atoms with Crippen LogP contribution in [0.25, 0.3) is 5.76 Å². The molecule has 1 saturated heterocycles. The highest BCUT2D eigenvalue weighted by atomic mass is 35.5. The SMILES string of the molecule is CCOc1cc(/C(O)=C2\C(=O)C(=O)N(c3ccc(C)c(C)c3)C2c2cccc(O)c2)ccc1Cl. The number of aliphatic hydroxyl groups is 1. The van der Waals surface area contributed by atoms with Gasteiger partial charge in [0.2, 0.25) is 0 Å². The Labute approximate surface area is 202 Å². The standard InChI is InChI=1S/C27H24ClNO5/c1-4-34-22-14-18(9-11-21(22)28)25(31)23-24(17-6-5-7-20(30)13-17)29(27(33)26(23)32)19-10-8-15(2)16(3)12-19/h5-14,24,30-31H,4H2,1-3H3/b25-23+. The number of nitrogens with zero attached hydrogens (tertiary/aromatic N) is 1. The van der Waals surface area contributed by atoms with Crippen LogP contribution in [0.1, 0.15) is 35.2 Å². The number of hydrogen-bond acceptors (Lipinski definition) is 5. The van der Waals surface area contributed by atoms with Crippen LogP contribution in [0.4, 0.5) is 5.69 Å². The average molecular weight is 478 g/mol. The summed E-state index contributed by atoms with van der Waals surface area (Å²) in [4.78, 5) is 27.9. The van der Waals surface area contributed by atoms with Gasteiger partial charge in [-0.25, -0.2) is 0 Å². The highest BCUT2D eigenvalue weighted by Gasteiger charge is 2.47. The van der Waals surface area contributed by atoms with E-state index < -0.39 is 17.7 Å². The molecule has 6 nitrogen and oxygen atoms in total. The van der Waals surface area contributed by atoms with Gasteiger partial charge in [0.25, 0.3) is 11.7 Å². The van der Waals surface area contributed by atoms with Crippen LogP contribution in [-0.2, 0) is 9.59 Å². The molecule has 34 heavy (non-hydrogen) atoms. The Kier molecular flexibility index (Phi) is 6.35. The van der Waals surface area contributed by atoms with E-state index in [2.05, 4.69) is 0 Å². The summed E-state index contributed by atoms with van der Waals surface area (Å²) in [6.45, 7) is 6.04. The largest absolute Gasteiger partial charge is 0.508 e. The summed E-state index contributed by atoms with van der Waals surface area (Å²) in [6.07, 6.45) is 0. The van der Waals surface area contributed by atoms with Crippen molar-refractivity contribution in [1.29, 1.82) is 0 Å². The quantitative estimate of drug-likeness (QED) is 0.280. The number of carbonyl (C=O) groups excluding carboxylic acids is 2. The highest BCUT2D eigenvalue weighted by Crippen LogP contribution is 2.43. The second-order valence-electron chi connectivity index (χ2n) is 8.11. The summed E-state index contributed by atoms with van der Waals surface area (Å²) in [7, 11) is 0. The van der Waals surface area contributed by atoms with Crippen LogP contribution in [0.3, 0.4) is 0 Å². The van der Waals surface area contributed by atoms with Crippen molar-refractivity contribution in [3.8, 4) is 11.5 Å². The number of phenolic OH excluding ortho intramolecular Hbond substituents is 1. The van der Waals surface area contributed by atoms with Crippen LogP contribution in [-0.4, -0.2) is 28.5 Å². The summed E-state index contributed by atoms with van der Waals surface area (Å²) >= 11 is 6.18. The summed E-state index contributed by atoms with van der Waals surface area (Å²) in [5.74, 6) is -1.61. The number of carbonyl (C=O) groups is 2. The Hall–Kier alpha value is -3.77. The van der Waals surface area contributed by atoms with Gasteiger partial charge in [-0.05, 0) is 79.9 Å². The van der Waals surface area contributed by atoms with E-state index in [9.17, 15) is 19.8 Å². The molecule has 3 aromatic carbocycles. The second kappa shape index (κ2) is 9.23. The van der Waals surface area contributed by atoms with E-state index in [1.54, 1.807) is 37.3 Å². The maximum atomic E-state index is 13.3. The van der Waals surface area contributed by atoms with Crippen molar-refractivity contribution < 1.29 is 24.5 Å². The number of ether oxygens (including phenoxy) is 1. The lowest BCUT2D eigenvalue weighted by Gasteiger charge is -2.26. The van der Waals surface area contributed by atoms with E-state index in [0.29, 0.717) is 28.6 Å². The van der Waals surface area contributed by atoms with Gasteiger partial charge in [0.15, 0.2) is 0 Å². The molecule has 174 valence electrons. The highest BCUT2D eigenvalue weighted by molar-refractivity contribution is 6.51. The van der Waals surface area contributed by atoms with Crippen molar-refractivity contribution in [1.82, 2.24) is 0 Å². The molecular formula is C27H24ClNO5. The number of benzene rings is 3. The molecule has 1 unspecified atom stereocenters. The fourth-order valence-electron chi connectivity index (χ4n) is 4.06. The lowest BCUT2D eigenvalue weighted by Crippen LogP contribution is -2.29. The van der Waals surface area contributed by atoms with Crippen molar-refractivity contribution in [2.24, 2.45) is 0 Å². The molecule has 7 heteroatoms. The first kappa shape index (κ1) is 23.4. The average Bonchev–Trinajstić information content (AvgIpc) is 3.07. The molecule has 0 spiro atoms. The number of aromatic hydroxyl groups is 1. The van der Waals surface area contributed by atoms with Gasteiger partial charge in [-0.3, -0.25) is 14.5 Å². The third-order valence-electron chi connectivity index (χ3n) is 5.90. The summed E-state index contributed by atoms with van der Waals surface area (Å²) < 4.78 is 5.52. The van der Waals surface area contributed by atoms with E-state index >= 15 is 0 Å². The molecular weight excluding hydrogens is 454 g/mol. The molecule has 0 bridgehead atoms. The van der Waals surface area contributed by atoms with Gasteiger partial charge in [-0.1, -0.05) is 29.8 Å². The van der Waals surface area contributed by atoms with Crippen LogP contribution in [0.15, 0.2) is 66.2 Å². The molecule has 2 N–H and O–H groups in total. The van der Waals surface area contributed by atoms with Crippen molar-refractivity contribution in [2.75, 3.05) is 11.5 Å². The van der Waals surface area contributed by atoms with Gasteiger partial charge >= 0.3 is 0 Å². The number of aryl methyl sites for hydroxylation is 2. The fourth-order valence-corrected chi connectivity index (χ4v) is 4.23. The van der Waals surface area contributed by atoms with Gasteiger partial charge in [-0.2, -0.15) is 0 Å². The van der Waals surface area contributed by atoms with Gasteiger partial charge in [0, 0.05) is 11.3 Å². The molecule has 1 atom stereocenters. The summed E-state index contributed by atoms with van der Waals surface area (Å²) in [6, 6.07) is 15.5. The number of hydrogen-bond donors (Lipinski definition) is 2. The minimum atomic E-state index is -0.944. The molecule has 1 aliphatic rings. The number of anilines is 1. The van der Waals surface area contributed by atoms with Crippen molar-refractivity contribution in [3.05, 3.63) is 93.5 Å². The molecule has 1 fully saturated rings. The number of aliphatic hydroxyl groups excluding tert-OH is 1. The van der Waals surface area contributed by atoms with Crippen LogP contribution in [0, 0.1) is 13.8 Å². The number of Topliss-reactive ketones (excluding diaryl/α,β-unsaturated/α-hetero) is 1. The van der Waals surface area contributed by atoms with Crippen molar-refractivity contribution in [2.45, 2.75) is 26.8 Å². The van der Waals surface area contributed by atoms with E-state index in [1.807, 2.05) is 26.0 Å². The number of rotatable bonds is 5. The number of amides is 1. The van der Waals surface area contributed by atoms with E-state index in [0.717, 1.165) is 11.1 Å². The number of ketones is 1. The van der Waals surface area contributed by atoms with E-state index in [4.69, 9.17) is 16.3 Å². The predicted octanol–water partition coefficient (Wildman–Crippen LogP) is 5.69. The molecule has 0 aromatic heterocycles. The van der Waals surface area contributed by atoms with Crippen LogP contribution >= 0.6 is 11.6 Å². The molecule has 3 aromatic rings. The van der Waals surface area contributed by atoms with Gasteiger partial charge in [0.1, 0.15) is 17.3 Å². The smallest absolute Gasteiger partial charge is 0.300 e. The third kappa shape index (κ3) is 4.13. The van der Waals surface area contributed by atoms with Crippen LogP contribution in [0.5, 0.6) is 11.5 Å². The van der Waals surface area contributed by atoms with Gasteiger partial charge in [0.05, 0.1) is 23.2 Å². The van der Waals surface area contributed by atoms with Crippen molar-refractivity contribution in [3.63, 3.8) is 0 Å². The molecule has 4 rings (SSSR count). The Morgan fingerprint density at radius 2 is 1.79 bits per heavy atom. The maximum Gasteiger partial charge on any atom is 0.300 e. The molecule has 1 amide bonds. The van der Waals surface area contributed by atoms with Crippen LogP contribution < -0.4 is 9.64 Å². The molecule has 0 aliphatic carbocycles. The first-order chi connectivity index (χ1) is 16.2. The van der Waals surface area contributed by atoms with E-state index in [1.165, 1.54) is 23.1 Å². The third-order valence-corrected chi connectivity index (χ3v) is 6.22. The topological polar surface area (TPSA) is 87.1 Å². The van der Waals surface area contributed by atoms with Crippen molar-refractivity contribution >= 4 is 34.7 Å². The van der Waals surface area contributed by atoms with Gasteiger partial charge < -0.3 is 14.9 Å². The Bertz CT molecular complexity index is 1330. The normalized spacial score (nSPS) is 17.3. The monoisotopic (exact) mass is 477 g/mol. The predicted molar refractivity (Wildman–Crippen MR) is 131 cm³/mol. The zero-order valence-electron chi connectivity index (χ0n) is 19.0. The maximum absolute atomic E-state index is 13.3. The minimum absolute atomic E-state index is 0.0201. The summed E-state index contributed by atoms with van der Waals surface area (Å²) in [5, 5.41) is 21.7. The molecule has 0 saturated carbocycles. The Morgan fingerprint density at radius 3 is 2.47 bits per heavy atom. The first-order valence-electron chi connectivity index (χ1n) is 10.8. The molecule has 1 heterocycles. The van der Waals surface area contributed by atoms with Gasteiger partial charge in [-0.15, -0.1) is 0 Å². The molecule has 1 aliphatic heterocycles. The minimum Gasteiger partial charge on any atom is -0.508 e. The Morgan fingerprint density at radius 1 is 1.03 bits per heavy atom. The zero-order chi connectivity index (χ0) is 24.6. The Balaban J connectivity index is 1.95. The first-order valence-corrected chi connectivity index (χ1v) is 11.2. The summed E-state index contributed by atoms with van der Waals surface area (Å²) in [5.41, 5.74) is 3.20. The second-order valence-corrected chi connectivity index (χ2v) is 8.52. The van der Waals surface area contributed by atoms with Crippen LogP contribution in [0.2, 0.25) is 5.02 Å². The van der Waals surface area contributed by atoms with E-state index in [-0.39, 0.29) is 22.6 Å². The number of halogens is 1. The molecule has 0 radical (unpaired) electrons. The zero-order valence-corrected chi connectivity index (χ0v) is 19.8. The lowest BCUT2D eigenvalue weighted by molar-refractivity contribution is -0.132. The fraction of sp³-hybridized carbons (Fsp3) is 0.185. The lowest BCUT2D eigenvalue weighted by atomic mass is 9.94.